The van der Waals surface area contributed by atoms with Crippen LogP contribution in [0.15, 0.2) is 42.5 Å². The molecule has 0 unspecified atom stereocenters. The maximum Gasteiger partial charge on any atom is 0.123 e. The average Bonchev–Trinajstić information content (AvgIpc) is 2.74. The van der Waals surface area contributed by atoms with Crippen LogP contribution in [0.4, 0.5) is 0 Å². The number of hydrogen-bond acceptors (Lipinski definition) is 1. The second-order valence-corrected chi connectivity index (χ2v) is 5.66. The summed E-state index contributed by atoms with van der Waals surface area (Å²) in [5.41, 5.74) is 5.64. The normalized spacial score (nSPS) is 14.4. The summed E-state index contributed by atoms with van der Waals surface area (Å²) in [7, 11) is 0. The van der Waals surface area contributed by atoms with E-state index in [9.17, 15) is 0 Å². The van der Waals surface area contributed by atoms with Crippen LogP contribution in [0.25, 0.3) is 0 Å². The first-order valence-electron chi connectivity index (χ1n) is 7.62. The van der Waals surface area contributed by atoms with Gasteiger partial charge in [0.05, 0.1) is 0 Å². The van der Waals surface area contributed by atoms with Crippen LogP contribution in [0.2, 0.25) is 0 Å². The lowest BCUT2D eigenvalue weighted by Crippen LogP contribution is -2.01. The average molecular weight is 266 g/mol. The number of rotatable bonds is 3. The van der Waals surface area contributed by atoms with E-state index in [-0.39, 0.29) is 0 Å². The summed E-state index contributed by atoms with van der Waals surface area (Å²) in [6.45, 7) is 2.87. The number of fused-ring (bicyclic) bond motifs is 1. The molecule has 0 N–H and O–H groups in total. The first-order chi connectivity index (χ1) is 9.84. The van der Waals surface area contributed by atoms with Gasteiger partial charge in [0.1, 0.15) is 12.4 Å². The van der Waals surface area contributed by atoms with Crippen molar-refractivity contribution in [3.05, 3.63) is 64.7 Å². The molecule has 0 amide bonds. The molecule has 1 nitrogen and oxygen atoms in total. The van der Waals surface area contributed by atoms with Crippen molar-refractivity contribution in [2.24, 2.45) is 0 Å². The van der Waals surface area contributed by atoms with Crippen molar-refractivity contribution in [3.63, 3.8) is 0 Å². The zero-order valence-corrected chi connectivity index (χ0v) is 12.2. The van der Waals surface area contributed by atoms with Crippen molar-refractivity contribution >= 4 is 0 Å². The van der Waals surface area contributed by atoms with Gasteiger partial charge in [-0.2, -0.15) is 0 Å². The van der Waals surface area contributed by atoms with Gasteiger partial charge in [-0.25, -0.2) is 0 Å². The maximum atomic E-state index is 6.03. The maximum absolute atomic E-state index is 6.03. The van der Waals surface area contributed by atoms with Crippen LogP contribution in [0.1, 0.15) is 41.5 Å². The molecule has 0 aromatic heterocycles. The summed E-state index contributed by atoms with van der Waals surface area (Å²) in [5.74, 6) is 1.05. The number of ether oxygens (including phenoxy) is 1. The number of hydrogen-bond donors (Lipinski definition) is 0. The highest BCUT2D eigenvalue weighted by Crippen LogP contribution is 2.30. The third kappa shape index (κ3) is 2.87. The molecule has 3 rings (SSSR count). The van der Waals surface area contributed by atoms with Gasteiger partial charge in [0.25, 0.3) is 0 Å². The molecule has 1 aliphatic rings. The van der Waals surface area contributed by atoms with Crippen molar-refractivity contribution in [1.82, 2.24) is 0 Å². The van der Waals surface area contributed by atoms with E-state index in [0.717, 1.165) is 5.75 Å². The molecule has 0 fully saturated rings. The van der Waals surface area contributed by atoms with Crippen LogP contribution in [-0.2, 0) is 19.4 Å². The van der Waals surface area contributed by atoms with Gasteiger partial charge in [0.2, 0.25) is 0 Å². The Hall–Kier alpha value is -1.76. The van der Waals surface area contributed by atoms with Gasteiger partial charge in [-0.1, -0.05) is 42.8 Å². The molecule has 2 aromatic rings. The molecule has 0 bridgehead atoms. The highest BCUT2D eigenvalue weighted by Gasteiger charge is 2.13. The summed E-state index contributed by atoms with van der Waals surface area (Å²) >= 11 is 0. The second kappa shape index (κ2) is 6.13. The summed E-state index contributed by atoms with van der Waals surface area (Å²) in [4.78, 5) is 0. The molecule has 0 saturated heterocycles. The van der Waals surface area contributed by atoms with Crippen molar-refractivity contribution < 1.29 is 4.74 Å². The fraction of sp³-hybridized carbons (Fsp3) is 0.368. The van der Waals surface area contributed by atoms with E-state index in [1.165, 1.54) is 54.4 Å². The molecule has 0 radical (unpaired) electrons. The van der Waals surface area contributed by atoms with Gasteiger partial charge in [-0.15, -0.1) is 0 Å². The van der Waals surface area contributed by atoms with E-state index in [4.69, 9.17) is 4.74 Å². The molecule has 0 spiro atoms. The number of aryl methyl sites for hydroxylation is 1. The van der Waals surface area contributed by atoms with Gasteiger partial charge < -0.3 is 4.74 Å². The smallest absolute Gasteiger partial charge is 0.123 e. The summed E-state index contributed by atoms with van der Waals surface area (Å²) in [6, 6.07) is 14.8. The first-order valence-corrected chi connectivity index (χ1v) is 7.62. The van der Waals surface area contributed by atoms with Crippen LogP contribution in [-0.4, -0.2) is 0 Å². The van der Waals surface area contributed by atoms with Crippen LogP contribution < -0.4 is 4.74 Å². The zero-order valence-electron chi connectivity index (χ0n) is 12.2. The molecule has 104 valence electrons. The second-order valence-electron chi connectivity index (χ2n) is 5.66. The molecule has 0 saturated carbocycles. The molecule has 1 heteroatoms. The van der Waals surface area contributed by atoms with Gasteiger partial charge >= 0.3 is 0 Å². The monoisotopic (exact) mass is 266 g/mol. The lowest BCUT2D eigenvalue weighted by Gasteiger charge is -2.15. The Labute approximate surface area is 121 Å². The zero-order chi connectivity index (χ0) is 13.8. The van der Waals surface area contributed by atoms with Crippen LogP contribution in [0.5, 0.6) is 5.75 Å². The van der Waals surface area contributed by atoms with E-state index in [1.54, 1.807) is 0 Å². The molecule has 0 heterocycles. The topological polar surface area (TPSA) is 9.23 Å². The fourth-order valence-corrected chi connectivity index (χ4v) is 3.06. The third-order valence-corrected chi connectivity index (χ3v) is 4.26. The quantitative estimate of drug-likeness (QED) is 0.722. The van der Waals surface area contributed by atoms with Crippen LogP contribution in [0.3, 0.4) is 0 Å². The van der Waals surface area contributed by atoms with Crippen molar-refractivity contribution in [2.75, 3.05) is 0 Å². The van der Waals surface area contributed by atoms with Gasteiger partial charge in [0, 0.05) is 0 Å². The van der Waals surface area contributed by atoms with E-state index >= 15 is 0 Å². The fourth-order valence-electron chi connectivity index (χ4n) is 3.06. The van der Waals surface area contributed by atoms with Gasteiger partial charge in [-0.05, 0) is 60.9 Å². The minimum Gasteiger partial charge on any atom is -0.489 e. The van der Waals surface area contributed by atoms with Crippen LogP contribution >= 0.6 is 0 Å². The minimum absolute atomic E-state index is 0.653. The van der Waals surface area contributed by atoms with Gasteiger partial charge in [-0.3, -0.25) is 0 Å². The highest BCUT2D eigenvalue weighted by atomic mass is 16.5. The van der Waals surface area contributed by atoms with Crippen molar-refractivity contribution in [1.29, 1.82) is 0 Å². The van der Waals surface area contributed by atoms with E-state index in [0.29, 0.717) is 6.61 Å². The molecule has 20 heavy (non-hydrogen) atoms. The van der Waals surface area contributed by atoms with Crippen molar-refractivity contribution in [3.8, 4) is 5.75 Å². The van der Waals surface area contributed by atoms with Crippen LogP contribution in [0, 0.1) is 6.92 Å². The standard InChI is InChI=1S/C19H22O/c1-15-18-11-7-3-6-10-17(18)12-13-19(15)20-14-16-8-4-2-5-9-16/h2,4-5,8-9,12-13H,3,6-7,10-11,14H2,1H3. The highest BCUT2D eigenvalue weighted by molar-refractivity contribution is 5.45. The molecular weight excluding hydrogens is 244 g/mol. The predicted octanol–water partition coefficient (Wildman–Crippen LogP) is 4.84. The van der Waals surface area contributed by atoms with Crippen molar-refractivity contribution in [2.45, 2.75) is 45.6 Å². The Morgan fingerprint density at radius 3 is 2.55 bits per heavy atom. The predicted molar refractivity (Wildman–Crippen MR) is 83.2 cm³/mol. The third-order valence-electron chi connectivity index (χ3n) is 4.26. The van der Waals surface area contributed by atoms with E-state index in [2.05, 4.69) is 43.3 Å². The molecular formula is C19H22O. The summed E-state index contributed by atoms with van der Waals surface area (Å²) in [5, 5.41) is 0. The first kappa shape index (κ1) is 13.2. The van der Waals surface area contributed by atoms with E-state index in [1.807, 2.05) is 6.07 Å². The SMILES string of the molecule is Cc1c(OCc2ccccc2)ccc2c1CCCCC2. The number of benzene rings is 2. The largest absolute Gasteiger partial charge is 0.489 e. The Morgan fingerprint density at radius 2 is 1.70 bits per heavy atom. The minimum atomic E-state index is 0.653. The molecule has 1 aliphatic carbocycles. The molecule has 0 atom stereocenters. The Bertz CT molecular complexity index is 572. The lowest BCUT2D eigenvalue weighted by molar-refractivity contribution is 0.303. The Kier molecular flexibility index (Phi) is 4.05. The molecule has 2 aromatic carbocycles. The Morgan fingerprint density at radius 1 is 0.900 bits per heavy atom. The molecule has 0 aliphatic heterocycles. The Balaban J connectivity index is 1.79. The van der Waals surface area contributed by atoms with E-state index < -0.39 is 0 Å². The summed E-state index contributed by atoms with van der Waals surface area (Å²) < 4.78 is 6.03. The lowest BCUT2D eigenvalue weighted by atomic mass is 9.97. The summed E-state index contributed by atoms with van der Waals surface area (Å²) in [6.07, 6.45) is 6.44. The van der Waals surface area contributed by atoms with Gasteiger partial charge in [0.15, 0.2) is 0 Å².